The van der Waals surface area contributed by atoms with Gasteiger partial charge in [-0.25, -0.2) is 9.37 Å². The Kier molecular flexibility index (Phi) is 5.97. The van der Waals surface area contributed by atoms with Crippen LogP contribution in [0.4, 0.5) is 4.39 Å². The van der Waals surface area contributed by atoms with Crippen molar-refractivity contribution in [2.24, 2.45) is 0 Å². The van der Waals surface area contributed by atoms with E-state index < -0.39 is 0 Å². The standard InChI is InChI=1S/C30H26FN7O/c31-21-13-19(14-22(16-21)39-12-11-38-9-3-4-10-38)28-23-17-27(35-26(23)6-8-33-28)29-24-15-20(18-34-30(24)37-36-29)25-5-1-2-7-32-25/h1-2,5-8,13-18,35H,3-4,9-12H2,(H,34,36,37). The van der Waals surface area contributed by atoms with Crippen LogP contribution in [0.3, 0.4) is 0 Å². The number of nitrogens with one attached hydrogen (secondary N) is 2. The van der Waals surface area contributed by atoms with Crippen LogP contribution < -0.4 is 4.74 Å². The second-order valence-corrected chi connectivity index (χ2v) is 9.79. The Bertz CT molecular complexity index is 1770. The third-order valence-electron chi connectivity index (χ3n) is 7.21. The van der Waals surface area contributed by atoms with Gasteiger partial charge < -0.3 is 9.72 Å². The van der Waals surface area contributed by atoms with Crippen molar-refractivity contribution >= 4 is 21.9 Å². The summed E-state index contributed by atoms with van der Waals surface area (Å²) in [5.41, 5.74) is 6.22. The smallest absolute Gasteiger partial charge is 0.181 e. The first kappa shape index (κ1) is 23.5. The average molecular weight is 520 g/mol. The molecule has 7 rings (SSSR count). The molecule has 1 fully saturated rings. The number of ether oxygens (including phenoxy) is 1. The van der Waals surface area contributed by atoms with Crippen molar-refractivity contribution in [3.8, 4) is 39.7 Å². The van der Waals surface area contributed by atoms with Gasteiger partial charge in [-0.2, -0.15) is 5.10 Å². The topological polar surface area (TPSA) is 95.6 Å². The van der Waals surface area contributed by atoms with E-state index in [1.807, 2.05) is 42.5 Å². The minimum atomic E-state index is -0.356. The lowest BCUT2D eigenvalue weighted by molar-refractivity contribution is 0.237. The molecule has 5 aromatic heterocycles. The molecule has 39 heavy (non-hydrogen) atoms. The summed E-state index contributed by atoms with van der Waals surface area (Å²) in [5.74, 6) is 0.150. The molecule has 0 saturated carbocycles. The Morgan fingerprint density at radius 2 is 1.82 bits per heavy atom. The quantitative estimate of drug-likeness (QED) is 0.275. The molecule has 1 aromatic carbocycles. The number of nitrogens with zero attached hydrogens (tertiary/aromatic N) is 5. The van der Waals surface area contributed by atoms with Crippen molar-refractivity contribution in [2.45, 2.75) is 12.8 Å². The summed E-state index contributed by atoms with van der Waals surface area (Å²) >= 11 is 0. The number of hydrogen-bond acceptors (Lipinski definition) is 6. The van der Waals surface area contributed by atoms with Gasteiger partial charge in [0.15, 0.2) is 5.65 Å². The summed E-state index contributed by atoms with van der Waals surface area (Å²) in [7, 11) is 0. The van der Waals surface area contributed by atoms with Gasteiger partial charge in [-0.3, -0.25) is 20.0 Å². The first-order chi connectivity index (χ1) is 19.2. The molecule has 0 bridgehead atoms. The number of rotatable bonds is 7. The first-order valence-corrected chi connectivity index (χ1v) is 13.1. The minimum absolute atomic E-state index is 0.356. The molecule has 194 valence electrons. The lowest BCUT2D eigenvalue weighted by Gasteiger charge is -2.15. The van der Waals surface area contributed by atoms with Crippen LogP contribution in [0, 0.1) is 5.82 Å². The predicted octanol–water partition coefficient (Wildman–Crippen LogP) is 5.84. The molecule has 0 radical (unpaired) electrons. The second-order valence-electron chi connectivity index (χ2n) is 9.79. The average Bonchev–Trinajstić information content (AvgIpc) is 3.72. The first-order valence-electron chi connectivity index (χ1n) is 13.1. The molecular formula is C30H26FN7O. The van der Waals surface area contributed by atoms with Gasteiger partial charge in [0.05, 0.1) is 22.8 Å². The number of aromatic nitrogens is 6. The maximum absolute atomic E-state index is 14.7. The predicted molar refractivity (Wildman–Crippen MR) is 149 cm³/mol. The van der Waals surface area contributed by atoms with E-state index in [1.54, 1.807) is 18.6 Å². The highest BCUT2D eigenvalue weighted by atomic mass is 19.1. The molecule has 9 heteroatoms. The number of likely N-dealkylation sites (tertiary alicyclic amines) is 1. The molecule has 0 atom stereocenters. The molecule has 6 aromatic rings. The van der Waals surface area contributed by atoms with Crippen molar-refractivity contribution in [1.82, 2.24) is 35.0 Å². The molecular weight excluding hydrogens is 493 g/mol. The zero-order valence-corrected chi connectivity index (χ0v) is 21.2. The van der Waals surface area contributed by atoms with Gasteiger partial charge in [0.2, 0.25) is 0 Å². The number of H-pyrrole nitrogens is 2. The fourth-order valence-electron chi connectivity index (χ4n) is 5.28. The minimum Gasteiger partial charge on any atom is -0.492 e. The van der Waals surface area contributed by atoms with Gasteiger partial charge >= 0.3 is 0 Å². The van der Waals surface area contributed by atoms with Gasteiger partial charge in [-0.15, -0.1) is 0 Å². The van der Waals surface area contributed by atoms with E-state index in [-0.39, 0.29) is 5.82 Å². The summed E-state index contributed by atoms with van der Waals surface area (Å²) in [4.78, 5) is 19.4. The van der Waals surface area contributed by atoms with Crippen LogP contribution in [0.25, 0.3) is 55.8 Å². The van der Waals surface area contributed by atoms with Crippen molar-refractivity contribution in [2.75, 3.05) is 26.2 Å². The lowest BCUT2D eigenvalue weighted by Crippen LogP contribution is -2.25. The van der Waals surface area contributed by atoms with Crippen LogP contribution >= 0.6 is 0 Å². The van der Waals surface area contributed by atoms with E-state index in [4.69, 9.17) is 4.74 Å². The SMILES string of the molecule is Fc1cc(OCCN2CCCC2)cc(-c2nccc3[nH]c(-c4[nH]nc5ncc(-c6ccccn6)cc45)cc23)c1. The molecule has 0 aliphatic carbocycles. The number of halogens is 1. The Balaban J connectivity index is 1.23. The van der Waals surface area contributed by atoms with E-state index in [0.717, 1.165) is 58.6 Å². The number of hydrogen-bond donors (Lipinski definition) is 2. The van der Waals surface area contributed by atoms with Crippen molar-refractivity contribution in [3.63, 3.8) is 0 Å². The second kappa shape index (κ2) is 9.92. The third-order valence-corrected chi connectivity index (χ3v) is 7.21. The van der Waals surface area contributed by atoms with E-state index in [1.165, 1.54) is 25.0 Å². The molecule has 2 N–H and O–H groups in total. The molecule has 0 amide bonds. The Hall–Kier alpha value is -4.63. The highest BCUT2D eigenvalue weighted by molar-refractivity contribution is 6.00. The maximum atomic E-state index is 14.7. The maximum Gasteiger partial charge on any atom is 0.181 e. The summed E-state index contributed by atoms with van der Waals surface area (Å²) in [5, 5.41) is 9.27. The Labute approximate surface area is 223 Å². The van der Waals surface area contributed by atoms with Crippen LogP contribution in [0.15, 0.2) is 73.2 Å². The van der Waals surface area contributed by atoms with Crippen LogP contribution in [-0.2, 0) is 0 Å². The van der Waals surface area contributed by atoms with E-state index in [9.17, 15) is 4.39 Å². The largest absolute Gasteiger partial charge is 0.492 e. The number of fused-ring (bicyclic) bond motifs is 2. The fraction of sp³-hybridized carbons (Fsp3) is 0.200. The number of pyridine rings is 3. The zero-order valence-electron chi connectivity index (χ0n) is 21.2. The highest BCUT2D eigenvalue weighted by Crippen LogP contribution is 2.35. The number of benzene rings is 1. The summed E-state index contributed by atoms with van der Waals surface area (Å²) in [6, 6.07) is 16.5. The summed E-state index contributed by atoms with van der Waals surface area (Å²) in [6.45, 7) is 3.57. The summed E-state index contributed by atoms with van der Waals surface area (Å²) < 4.78 is 20.6. The van der Waals surface area contributed by atoms with E-state index in [2.05, 4.69) is 35.0 Å². The van der Waals surface area contributed by atoms with Crippen LogP contribution in [0.1, 0.15) is 12.8 Å². The van der Waals surface area contributed by atoms with Gasteiger partial charge in [-0.05, 0) is 68.4 Å². The van der Waals surface area contributed by atoms with Gasteiger partial charge in [0.25, 0.3) is 0 Å². The monoisotopic (exact) mass is 519 g/mol. The Morgan fingerprint density at radius 1 is 0.897 bits per heavy atom. The third kappa shape index (κ3) is 4.61. The molecule has 0 unspecified atom stereocenters. The van der Waals surface area contributed by atoms with Crippen LogP contribution in [0.5, 0.6) is 5.75 Å². The lowest BCUT2D eigenvalue weighted by atomic mass is 10.1. The van der Waals surface area contributed by atoms with Gasteiger partial charge in [0.1, 0.15) is 18.2 Å². The van der Waals surface area contributed by atoms with E-state index in [0.29, 0.717) is 29.3 Å². The normalized spacial score (nSPS) is 14.0. The fourth-order valence-corrected chi connectivity index (χ4v) is 5.28. The Morgan fingerprint density at radius 3 is 2.69 bits per heavy atom. The number of aromatic amines is 2. The van der Waals surface area contributed by atoms with Crippen molar-refractivity contribution < 1.29 is 9.13 Å². The van der Waals surface area contributed by atoms with Crippen LogP contribution in [-0.4, -0.2) is 61.3 Å². The van der Waals surface area contributed by atoms with Crippen LogP contribution in [0.2, 0.25) is 0 Å². The van der Waals surface area contributed by atoms with Crippen molar-refractivity contribution in [1.29, 1.82) is 0 Å². The zero-order chi connectivity index (χ0) is 26.2. The molecule has 1 aliphatic heterocycles. The van der Waals surface area contributed by atoms with Gasteiger partial charge in [0, 0.05) is 58.6 Å². The van der Waals surface area contributed by atoms with E-state index >= 15 is 0 Å². The molecule has 6 heterocycles. The van der Waals surface area contributed by atoms with Crippen molar-refractivity contribution in [3.05, 3.63) is 79.0 Å². The molecule has 0 spiro atoms. The molecule has 1 aliphatic rings. The van der Waals surface area contributed by atoms with Gasteiger partial charge in [-0.1, -0.05) is 6.07 Å². The molecule has 1 saturated heterocycles. The highest BCUT2D eigenvalue weighted by Gasteiger charge is 2.17. The molecule has 8 nitrogen and oxygen atoms in total. The summed E-state index contributed by atoms with van der Waals surface area (Å²) in [6.07, 6.45) is 7.72.